The first kappa shape index (κ1) is 43.6. The lowest BCUT2D eigenvalue weighted by molar-refractivity contribution is -0.139. The molecule has 11 nitrogen and oxygen atoms in total. The van der Waals surface area contributed by atoms with E-state index >= 15 is 9.59 Å². The first-order chi connectivity index (χ1) is 31.1. The van der Waals surface area contributed by atoms with E-state index in [1.165, 1.54) is 4.90 Å². The predicted octanol–water partition coefficient (Wildman–Crippen LogP) is 9.80. The van der Waals surface area contributed by atoms with E-state index in [1.807, 2.05) is 24.3 Å². The monoisotopic (exact) mass is 922 g/mol. The second-order valence-corrected chi connectivity index (χ2v) is 17.3. The molecule has 3 heterocycles. The Hall–Kier alpha value is -6.64. The lowest BCUT2D eigenvalue weighted by Gasteiger charge is -2.50. The molecule has 0 spiro atoms. The second kappa shape index (κ2) is 16.4. The molecule has 4 aromatic carbocycles. The zero-order valence-corrected chi connectivity index (χ0v) is 36.4. The summed E-state index contributed by atoms with van der Waals surface area (Å²) in [6.07, 6.45) is 1.38. The first-order valence-electron chi connectivity index (χ1n) is 20.6. The minimum atomic E-state index is -4.77. The highest BCUT2D eigenvalue weighted by atomic mass is 35.5. The Labute approximate surface area is 381 Å². The zero-order valence-electron chi connectivity index (χ0n) is 34.9. The van der Waals surface area contributed by atoms with Crippen LogP contribution in [0.4, 0.5) is 24.7 Å². The number of imide groups is 2. The van der Waals surface area contributed by atoms with E-state index in [9.17, 15) is 27.9 Å². The number of phenolic OH excluding ortho intramolecular Hbond substituents is 1. The van der Waals surface area contributed by atoms with Crippen molar-refractivity contribution in [2.24, 2.45) is 23.7 Å². The Bertz CT molecular complexity index is 2850. The number of nitrogens with zero attached hydrogens (tertiary/aromatic N) is 3. The maximum Gasteiger partial charge on any atom is 0.417 e. The number of aryl methyl sites for hydroxylation is 1. The van der Waals surface area contributed by atoms with Gasteiger partial charge in [0, 0.05) is 28.3 Å². The van der Waals surface area contributed by atoms with Crippen LogP contribution in [-0.4, -0.2) is 52.9 Å². The van der Waals surface area contributed by atoms with E-state index in [1.54, 1.807) is 100 Å². The van der Waals surface area contributed by atoms with Crippen molar-refractivity contribution in [1.29, 1.82) is 0 Å². The average molecular weight is 924 g/mol. The molecule has 3 fully saturated rings. The van der Waals surface area contributed by atoms with E-state index in [2.05, 4.69) is 10.4 Å². The Balaban J connectivity index is 1.12. The van der Waals surface area contributed by atoms with Crippen LogP contribution < -0.4 is 19.8 Å². The summed E-state index contributed by atoms with van der Waals surface area (Å²) in [6, 6.07) is 24.5. The number of halogens is 5. The SMILES string of the molecule is COc1ccc(OC)c(C=Cc2ccc(N3C(=O)C4CC=C5C(CC6C(=O)N(Nc7ncc(C(F)(F)F)cc7Cl)C(=O)C6(c6ccc(Cl)cc6)C5c5cccc(C)c5O)C4C3=O)cc2)c1. The molecule has 2 saturated heterocycles. The smallest absolute Gasteiger partial charge is 0.417 e. The number of carbonyl (C=O) groups is 4. The normalized spacial score (nSPS) is 23.9. The molecule has 6 atom stereocenters. The van der Waals surface area contributed by atoms with Crippen LogP contribution in [0.2, 0.25) is 10.0 Å². The van der Waals surface area contributed by atoms with Gasteiger partial charge >= 0.3 is 6.18 Å². The van der Waals surface area contributed by atoms with Gasteiger partial charge in [0.2, 0.25) is 11.8 Å². The number of pyridine rings is 1. The van der Waals surface area contributed by atoms with Gasteiger partial charge in [0.05, 0.1) is 53.7 Å². The Morgan fingerprint density at radius 2 is 1.62 bits per heavy atom. The lowest BCUT2D eigenvalue weighted by Crippen LogP contribution is -2.53. The van der Waals surface area contributed by atoms with Gasteiger partial charge in [0.25, 0.3) is 11.8 Å². The largest absolute Gasteiger partial charge is 0.507 e. The number of anilines is 2. The number of carbonyl (C=O) groups excluding carboxylic acids is 4. The lowest BCUT2D eigenvalue weighted by atomic mass is 9.49. The van der Waals surface area contributed by atoms with Crippen LogP contribution >= 0.6 is 23.2 Å². The fourth-order valence-electron chi connectivity index (χ4n) is 10.2. The summed E-state index contributed by atoms with van der Waals surface area (Å²) in [5.74, 6) is -6.53. The second-order valence-electron chi connectivity index (χ2n) is 16.5. The van der Waals surface area contributed by atoms with Gasteiger partial charge in [0.1, 0.15) is 17.2 Å². The Morgan fingerprint density at radius 1 is 0.877 bits per heavy atom. The molecule has 1 saturated carbocycles. The molecule has 1 aromatic heterocycles. The van der Waals surface area contributed by atoms with Crippen LogP contribution in [0.3, 0.4) is 0 Å². The van der Waals surface area contributed by atoms with Crippen molar-refractivity contribution in [2.45, 2.75) is 37.3 Å². The van der Waals surface area contributed by atoms with E-state index < -0.39 is 75.4 Å². The number of alkyl halides is 3. The number of allylic oxidation sites excluding steroid dienone is 2. The number of phenols is 1. The van der Waals surface area contributed by atoms with Gasteiger partial charge in [-0.25, -0.2) is 4.98 Å². The van der Waals surface area contributed by atoms with E-state index in [4.69, 9.17) is 32.7 Å². The molecular formula is C49H39Cl2F3N4O7. The van der Waals surface area contributed by atoms with Crippen molar-refractivity contribution >= 4 is 70.5 Å². The summed E-state index contributed by atoms with van der Waals surface area (Å²) in [7, 11) is 3.14. The van der Waals surface area contributed by atoms with Crippen LogP contribution in [0.25, 0.3) is 12.2 Å². The van der Waals surface area contributed by atoms with E-state index in [0.29, 0.717) is 61.7 Å². The topological polar surface area (TPSA) is 138 Å². The molecule has 0 bridgehead atoms. The van der Waals surface area contributed by atoms with Gasteiger partial charge in [-0.15, -0.1) is 0 Å². The summed E-state index contributed by atoms with van der Waals surface area (Å²) in [5, 5.41) is 12.4. The first-order valence-corrected chi connectivity index (χ1v) is 21.3. The molecule has 16 heteroatoms. The number of aromatic nitrogens is 1. The number of hydrogen-bond acceptors (Lipinski definition) is 9. The number of methoxy groups -OCH3 is 2. The third-order valence-electron chi connectivity index (χ3n) is 13.2. The maximum absolute atomic E-state index is 15.5. The molecule has 0 radical (unpaired) electrons. The fraction of sp³-hybridized carbons (Fsp3) is 0.245. The number of rotatable bonds is 9. The molecule has 2 aliphatic heterocycles. The Kier molecular flexibility index (Phi) is 11.0. The number of hydrogen-bond donors (Lipinski definition) is 2. The predicted molar refractivity (Wildman–Crippen MR) is 237 cm³/mol. The molecule has 4 amide bonds. The van der Waals surface area contributed by atoms with Gasteiger partial charge < -0.3 is 14.6 Å². The molecule has 2 N–H and O–H groups in total. The van der Waals surface area contributed by atoms with Gasteiger partial charge in [-0.3, -0.25) is 29.5 Å². The van der Waals surface area contributed by atoms with Crippen molar-refractivity contribution in [3.05, 3.63) is 152 Å². The number of benzene rings is 4. The van der Waals surface area contributed by atoms with Crippen molar-refractivity contribution in [2.75, 3.05) is 24.5 Å². The van der Waals surface area contributed by atoms with Crippen molar-refractivity contribution < 1.29 is 46.9 Å². The molecule has 65 heavy (non-hydrogen) atoms. The number of ether oxygens (including phenoxy) is 2. The summed E-state index contributed by atoms with van der Waals surface area (Å²) in [5.41, 5.74) is 3.32. The van der Waals surface area contributed by atoms with Crippen molar-refractivity contribution in [1.82, 2.24) is 9.99 Å². The minimum Gasteiger partial charge on any atom is -0.507 e. The standard InChI is InChI=1S/C49H39Cl2F3N4O7/c1-25-5-4-6-35(42(25)59)41-33-18-19-34-40(46(62)57(44(34)60)31-15-8-26(9-16-31)7-10-27-21-32(64-2)17-20-39(27)65-3)36(33)23-37-45(61)58(47(63)48(37,41)28-11-13-30(50)14-12-28)56-43-38(51)22-29(24-55-43)49(52,53)54/h4-18,20-22,24,34,36-37,40-41,59H,19,23H2,1-3H3,(H,55,56). The van der Waals surface area contributed by atoms with Crippen LogP contribution in [-0.2, 0) is 30.8 Å². The number of para-hydroxylation sites is 1. The molecule has 9 rings (SSSR count). The number of hydrazine groups is 1. The summed E-state index contributed by atoms with van der Waals surface area (Å²) >= 11 is 12.7. The summed E-state index contributed by atoms with van der Waals surface area (Å²) in [4.78, 5) is 64.7. The molecule has 4 aliphatic rings. The summed E-state index contributed by atoms with van der Waals surface area (Å²) < 4.78 is 51.6. The van der Waals surface area contributed by atoms with Gasteiger partial charge in [-0.05, 0) is 90.9 Å². The average Bonchev–Trinajstić information content (AvgIpc) is 3.67. The maximum atomic E-state index is 15.5. The van der Waals surface area contributed by atoms with Gasteiger partial charge in [-0.1, -0.05) is 89.5 Å². The fourth-order valence-corrected chi connectivity index (χ4v) is 10.5. The van der Waals surface area contributed by atoms with Gasteiger partial charge in [-0.2, -0.15) is 18.2 Å². The number of fused-ring (bicyclic) bond motifs is 4. The van der Waals surface area contributed by atoms with Crippen molar-refractivity contribution in [3.63, 3.8) is 0 Å². The van der Waals surface area contributed by atoms with Crippen LogP contribution in [0.5, 0.6) is 17.2 Å². The minimum absolute atomic E-state index is 0.0834. The third kappa shape index (κ3) is 7.10. The highest BCUT2D eigenvalue weighted by Gasteiger charge is 2.71. The molecule has 5 aromatic rings. The van der Waals surface area contributed by atoms with Crippen LogP contribution in [0.1, 0.15) is 52.1 Å². The highest BCUT2D eigenvalue weighted by molar-refractivity contribution is 6.33. The quantitative estimate of drug-likeness (QED) is 0.0841. The van der Waals surface area contributed by atoms with Gasteiger partial charge in [0.15, 0.2) is 5.82 Å². The van der Waals surface area contributed by atoms with E-state index in [0.717, 1.165) is 11.1 Å². The van der Waals surface area contributed by atoms with Crippen molar-refractivity contribution in [3.8, 4) is 17.2 Å². The van der Waals surface area contributed by atoms with Crippen LogP contribution in [0, 0.1) is 30.6 Å². The zero-order chi connectivity index (χ0) is 46.1. The van der Waals surface area contributed by atoms with Crippen LogP contribution in [0.15, 0.2) is 109 Å². The number of amides is 4. The molecular weight excluding hydrogens is 884 g/mol. The third-order valence-corrected chi connectivity index (χ3v) is 13.7. The molecule has 6 unspecified atom stereocenters. The number of aromatic hydroxyl groups is 1. The highest BCUT2D eigenvalue weighted by Crippen LogP contribution is 2.65. The Morgan fingerprint density at radius 3 is 2.29 bits per heavy atom. The molecule has 2 aliphatic carbocycles. The number of nitrogens with one attached hydrogen (secondary N) is 1. The summed E-state index contributed by atoms with van der Waals surface area (Å²) in [6.45, 7) is 1.69. The molecule has 332 valence electrons. The van der Waals surface area contributed by atoms with E-state index in [-0.39, 0.29) is 24.4 Å².